The summed E-state index contributed by atoms with van der Waals surface area (Å²) >= 11 is 1.64. The van der Waals surface area contributed by atoms with Gasteiger partial charge >= 0.3 is 5.97 Å². The summed E-state index contributed by atoms with van der Waals surface area (Å²) in [4.78, 5) is 24.3. The molecular weight excluding hydrogens is 349 g/mol. The predicted molar refractivity (Wildman–Crippen MR) is 92.1 cm³/mol. The van der Waals surface area contributed by atoms with E-state index in [9.17, 15) is 4.79 Å². The lowest BCUT2D eigenvalue weighted by molar-refractivity contribution is -0.140. The van der Waals surface area contributed by atoms with E-state index in [4.69, 9.17) is 4.84 Å². The first-order chi connectivity index (χ1) is 9.65. The molecule has 1 aromatic rings. The molecule has 6 nitrogen and oxygen atoms in total. The largest absolute Gasteiger partial charge is 0.469 e. The maximum atomic E-state index is 11.2. The van der Waals surface area contributed by atoms with Gasteiger partial charge < -0.3 is 14.5 Å². The summed E-state index contributed by atoms with van der Waals surface area (Å²) < 4.78 is 4.65. The second-order valence-electron chi connectivity index (χ2n) is 4.73. The van der Waals surface area contributed by atoms with Gasteiger partial charge in [0.05, 0.1) is 20.6 Å². The highest BCUT2D eigenvalue weighted by atomic mass is 35.5. The van der Waals surface area contributed by atoms with Crippen molar-refractivity contribution in [3.05, 3.63) is 11.1 Å². The van der Waals surface area contributed by atoms with Crippen molar-refractivity contribution >= 4 is 47.3 Å². The van der Waals surface area contributed by atoms with Crippen LogP contribution >= 0.6 is 36.2 Å². The lowest BCUT2D eigenvalue weighted by atomic mass is 10.3. The first kappa shape index (κ1) is 21.4. The Bertz CT molecular complexity index is 461. The Morgan fingerprint density at radius 3 is 2.86 bits per heavy atom. The number of ether oxygens (including phenoxy) is 1. The molecule has 1 atom stereocenters. The van der Waals surface area contributed by atoms with Crippen LogP contribution in [-0.2, 0) is 20.8 Å². The minimum atomic E-state index is -0.182. The molecule has 22 heavy (non-hydrogen) atoms. The number of hydrogen-bond acceptors (Lipinski definition) is 7. The zero-order valence-corrected chi connectivity index (χ0v) is 15.4. The number of nitrogens with zero attached hydrogens (tertiary/aromatic N) is 3. The topological polar surface area (TPSA) is 54.9 Å². The molecule has 1 saturated heterocycles. The van der Waals surface area contributed by atoms with Gasteiger partial charge in [-0.25, -0.2) is 4.98 Å². The molecule has 0 saturated carbocycles. The lowest BCUT2D eigenvalue weighted by Gasteiger charge is -2.30. The number of rotatable bonds is 6. The summed E-state index contributed by atoms with van der Waals surface area (Å²) in [6.45, 7) is 0.988. The predicted octanol–water partition coefficient (Wildman–Crippen LogP) is 2.51. The van der Waals surface area contributed by atoms with Crippen LogP contribution in [0.15, 0.2) is 6.20 Å². The van der Waals surface area contributed by atoms with Gasteiger partial charge in [-0.3, -0.25) is 4.79 Å². The SMILES string of the molecule is COC(=O)CCc1cnc(N2CCCC2N(C)OC)s1.Cl.Cl. The number of aromatic nitrogens is 1. The summed E-state index contributed by atoms with van der Waals surface area (Å²) in [5.74, 6) is -0.182. The molecule has 1 unspecified atom stereocenters. The van der Waals surface area contributed by atoms with Crippen LogP contribution in [0, 0.1) is 0 Å². The zero-order valence-electron chi connectivity index (χ0n) is 13.0. The zero-order chi connectivity index (χ0) is 14.5. The van der Waals surface area contributed by atoms with Crippen molar-refractivity contribution in [2.24, 2.45) is 0 Å². The highest BCUT2D eigenvalue weighted by Crippen LogP contribution is 2.31. The van der Waals surface area contributed by atoms with Crippen molar-refractivity contribution < 1.29 is 14.4 Å². The smallest absolute Gasteiger partial charge is 0.305 e. The van der Waals surface area contributed by atoms with E-state index in [1.807, 2.05) is 18.3 Å². The monoisotopic (exact) mass is 371 g/mol. The van der Waals surface area contributed by atoms with E-state index in [2.05, 4.69) is 14.6 Å². The van der Waals surface area contributed by atoms with E-state index >= 15 is 0 Å². The summed E-state index contributed by atoms with van der Waals surface area (Å²) in [6, 6.07) is 0. The number of thiazole rings is 1. The summed E-state index contributed by atoms with van der Waals surface area (Å²) in [6.07, 6.45) is 5.38. The molecule has 2 heterocycles. The van der Waals surface area contributed by atoms with Crippen LogP contribution < -0.4 is 4.90 Å². The fraction of sp³-hybridized carbons (Fsp3) is 0.692. The van der Waals surface area contributed by atoms with E-state index in [1.54, 1.807) is 18.4 Å². The molecule has 1 aliphatic rings. The van der Waals surface area contributed by atoms with Crippen LogP contribution in [0.4, 0.5) is 5.13 Å². The average Bonchev–Trinajstić information content (AvgIpc) is 3.11. The normalized spacial score (nSPS) is 17.1. The first-order valence-electron chi connectivity index (χ1n) is 6.70. The van der Waals surface area contributed by atoms with Crippen LogP contribution in [-0.4, -0.2) is 50.0 Å². The lowest BCUT2D eigenvalue weighted by Crippen LogP contribution is -2.41. The van der Waals surface area contributed by atoms with E-state index in [1.165, 1.54) is 7.11 Å². The van der Waals surface area contributed by atoms with Gasteiger partial charge in [-0.1, -0.05) is 0 Å². The van der Waals surface area contributed by atoms with Crippen molar-refractivity contribution in [3.8, 4) is 0 Å². The minimum Gasteiger partial charge on any atom is -0.469 e. The Morgan fingerprint density at radius 2 is 2.23 bits per heavy atom. The molecule has 0 amide bonds. The molecule has 0 aromatic carbocycles. The molecule has 0 aliphatic carbocycles. The third-order valence-electron chi connectivity index (χ3n) is 3.52. The first-order valence-corrected chi connectivity index (χ1v) is 7.52. The van der Waals surface area contributed by atoms with Gasteiger partial charge in [-0.15, -0.1) is 36.2 Å². The van der Waals surface area contributed by atoms with Crippen molar-refractivity contribution in [2.45, 2.75) is 31.8 Å². The fourth-order valence-electron chi connectivity index (χ4n) is 2.34. The second-order valence-corrected chi connectivity index (χ2v) is 5.82. The maximum absolute atomic E-state index is 11.2. The average molecular weight is 372 g/mol. The summed E-state index contributed by atoms with van der Waals surface area (Å²) in [7, 11) is 5.03. The standard InChI is InChI=1S/C13H21N3O3S.2ClH/c1-15(19-3)11-5-4-8-16(11)13-14-9-10(20-13)6-7-12(17)18-2;;/h9,11H,4-8H2,1-3H3;2*1H. The van der Waals surface area contributed by atoms with Crippen LogP contribution in [0.5, 0.6) is 0 Å². The molecule has 2 rings (SSSR count). The van der Waals surface area contributed by atoms with Crippen molar-refractivity contribution in [1.29, 1.82) is 0 Å². The van der Waals surface area contributed by atoms with Gasteiger partial charge in [0.25, 0.3) is 0 Å². The van der Waals surface area contributed by atoms with Gasteiger partial charge in [-0.05, 0) is 19.3 Å². The number of esters is 1. The number of carbonyl (C=O) groups excluding carboxylic acids is 1. The van der Waals surface area contributed by atoms with Gasteiger partial charge in [0.1, 0.15) is 6.17 Å². The maximum Gasteiger partial charge on any atom is 0.305 e. The van der Waals surface area contributed by atoms with Crippen molar-refractivity contribution in [1.82, 2.24) is 10.0 Å². The number of hydrogen-bond donors (Lipinski definition) is 0. The number of aryl methyl sites for hydroxylation is 1. The highest BCUT2D eigenvalue weighted by molar-refractivity contribution is 7.15. The molecule has 1 fully saturated rings. The highest BCUT2D eigenvalue weighted by Gasteiger charge is 2.30. The number of methoxy groups -OCH3 is 1. The van der Waals surface area contributed by atoms with Crippen LogP contribution in [0.25, 0.3) is 0 Å². The molecule has 0 radical (unpaired) electrons. The summed E-state index contributed by atoms with van der Waals surface area (Å²) in [5, 5.41) is 2.86. The van der Waals surface area contributed by atoms with Crippen molar-refractivity contribution in [3.63, 3.8) is 0 Å². The Balaban J connectivity index is 0.00000220. The molecule has 128 valence electrons. The number of halogens is 2. The Morgan fingerprint density at radius 1 is 1.50 bits per heavy atom. The van der Waals surface area contributed by atoms with Gasteiger partial charge in [-0.2, -0.15) is 5.06 Å². The van der Waals surface area contributed by atoms with Crippen LogP contribution in [0.3, 0.4) is 0 Å². The van der Waals surface area contributed by atoms with Gasteiger partial charge in [0.15, 0.2) is 5.13 Å². The van der Waals surface area contributed by atoms with E-state index in [0.29, 0.717) is 12.8 Å². The quantitative estimate of drug-likeness (QED) is 0.565. The molecule has 0 N–H and O–H groups in total. The van der Waals surface area contributed by atoms with E-state index < -0.39 is 0 Å². The fourth-order valence-corrected chi connectivity index (χ4v) is 3.32. The molecule has 1 aromatic heterocycles. The van der Waals surface area contributed by atoms with E-state index in [-0.39, 0.29) is 36.9 Å². The minimum absolute atomic E-state index is 0. The Labute approximate surface area is 147 Å². The molecular formula is C13H23Cl2N3O3S. The summed E-state index contributed by atoms with van der Waals surface area (Å²) in [5.41, 5.74) is 0. The van der Waals surface area contributed by atoms with Crippen LogP contribution in [0.1, 0.15) is 24.1 Å². The number of hydroxylamine groups is 2. The van der Waals surface area contributed by atoms with Gasteiger partial charge in [0.2, 0.25) is 0 Å². The Kier molecular flexibility index (Phi) is 9.95. The number of carbonyl (C=O) groups is 1. The molecule has 0 bridgehead atoms. The Hall–Kier alpha value is -0.600. The molecule has 1 aliphatic heterocycles. The second kappa shape index (κ2) is 10.2. The third-order valence-corrected chi connectivity index (χ3v) is 4.61. The third kappa shape index (κ3) is 5.24. The molecule has 0 spiro atoms. The van der Waals surface area contributed by atoms with Gasteiger partial charge in [0, 0.05) is 24.7 Å². The van der Waals surface area contributed by atoms with Crippen molar-refractivity contribution in [2.75, 3.05) is 32.7 Å². The van der Waals surface area contributed by atoms with Crippen LogP contribution in [0.2, 0.25) is 0 Å². The molecule has 9 heteroatoms. The van der Waals surface area contributed by atoms with E-state index in [0.717, 1.165) is 29.4 Å². The number of anilines is 1.